The molecule has 0 saturated carbocycles. The maximum absolute atomic E-state index is 9.45. The van der Waals surface area contributed by atoms with Crippen LogP contribution >= 0.6 is 11.3 Å². The van der Waals surface area contributed by atoms with E-state index in [0.29, 0.717) is 42.9 Å². The fourth-order valence-electron chi connectivity index (χ4n) is 5.18. The second-order valence-electron chi connectivity index (χ2n) is 10.00. The van der Waals surface area contributed by atoms with Crippen LogP contribution in [0.2, 0.25) is 0 Å². The lowest BCUT2D eigenvalue weighted by molar-refractivity contribution is 1.07. The van der Waals surface area contributed by atoms with Gasteiger partial charge in [0.2, 0.25) is 0 Å². The van der Waals surface area contributed by atoms with Gasteiger partial charge in [-0.05, 0) is 40.4 Å². The molecule has 0 saturated heterocycles. The standard InChI is InChI=1S/C39H25N3S/c1-4-12-26(13-5-1)29-18-10-19-30(24-29)38-40-37(28-16-8-3-9-17-28)41-39(42-38)31-22-23-33-35(25-31)43-34-21-11-20-32(36(33)34)27-14-6-2-7-15-27/h1-25H/i11D,20D,21D,22D,23D,25D. The third-order valence-electron chi connectivity index (χ3n) is 7.25. The van der Waals surface area contributed by atoms with Gasteiger partial charge < -0.3 is 0 Å². The van der Waals surface area contributed by atoms with E-state index < -0.39 is 0 Å². The molecule has 2 aromatic heterocycles. The van der Waals surface area contributed by atoms with Gasteiger partial charge in [0.15, 0.2) is 17.5 Å². The lowest BCUT2D eigenvalue weighted by Gasteiger charge is -2.10. The fourth-order valence-corrected chi connectivity index (χ4v) is 6.20. The van der Waals surface area contributed by atoms with E-state index in [9.17, 15) is 4.11 Å². The normalized spacial score (nSPS) is 13.2. The highest BCUT2D eigenvalue weighted by atomic mass is 32.1. The maximum Gasteiger partial charge on any atom is 0.164 e. The molecule has 0 amide bonds. The predicted octanol–water partition coefficient (Wildman–Crippen LogP) is 10.6. The van der Waals surface area contributed by atoms with Crippen LogP contribution in [-0.4, -0.2) is 15.0 Å². The summed E-state index contributed by atoms with van der Waals surface area (Å²) in [6.45, 7) is 0. The van der Waals surface area contributed by atoms with Crippen LogP contribution in [0.4, 0.5) is 0 Å². The molecule has 0 aliphatic heterocycles. The minimum absolute atomic E-state index is 0.0529. The molecule has 43 heavy (non-hydrogen) atoms. The molecule has 0 N–H and O–H groups in total. The summed E-state index contributed by atoms with van der Waals surface area (Å²) >= 11 is 1.13. The molecule has 0 aliphatic carbocycles. The number of hydrogen-bond donors (Lipinski definition) is 0. The summed E-state index contributed by atoms with van der Waals surface area (Å²) in [5.74, 6) is 0.819. The Kier molecular flexibility index (Phi) is 4.91. The smallest absolute Gasteiger partial charge is 0.164 e. The molecule has 4 heteroatoms. The van der Waals surface area contributed by atoms with E-state index >= 15 is 0 Å². The minimum atomic E-state index is -0.238. The van der Waals surface area contributed by atoms with E-state index in [-0.39, 0.29) is 47.6 Å². The lowest BCUT2D eigenvalue weighted by Crippen LogP contribution is -2.00. The number of benzene rings is 6. The average Bonchev–Trinajstić information content (AvgIpc) is 3.55. The Morgan fingerprint density at radius 3 is 1.77 bits per heavy atom. The number of aromatic nitrogens is 3. The third kappa shape index (κ3) is 4.78. The minimum Gasteiger partial charge on any atom is -0.208 e. The predicted molar refractivity (Wildman–Crippen MR) is 180 cm³/mol. The van der Waals surface area contributed by atoms with Crippen molar-refractivity contribution in [1.82, 2.24) is 15.0 Å². The van der Waals surface area contributed by atoms with Crippen molar-refractivity contribution in [2.75, 3.05) is 0 Å². The zero-order valence-corrected chi connectivity index (χ0v) is 23.5. The molecular formula is C39H25N3S. The molecule has 8 rings (SSSR count). The summed E-state index contributed by atoms with van der Waals surface area (Å²) in [5, 5.41) is 0.752. The quantitative estimate of drug-likeness (QED) is 0.206. The molecule has 0 atom stereocenters. The summed E-state index contributed by atoms with van der Waals surface area (Å²) in [6.07, 6.45) is 0. The topological polar surface area (TPSA) is 38.7 Å². The van der Waals surface area contributed by atoms with Crippen LogP contribution in [0.1, 0.15) is 8.22 Å². The average molecular weight is 574 g/mol. The number of rotatable bonds is 5. The van der Waals surface area contributed by atoms with Gasteiger partial charge in [-0.1, -0.05) is 133 Å². The second kappa shape index (κ2) is 10.8. The van der Waals surface area contributed by atoms with Crippen LogP contribution in [0.3, 0.4) is 0 Å². The first-order valence-corrected chi connectivity index (χ1v) is 14.6. The summed E-state index contributed by atoms with van der Waals surface area (Å²) < 4.78 is 54.9. The zero-order chi connectivity index (χ0) is 33.8. The van der Waals surface area contributed by atoms with Gasteiger partial charge in [0.05, 0.1) is 8.22 Å². The molecule has 0 radical (unpaired) electrons. The van der Waals surface area contributed by atoms with Crippen molar-refractivity contribution in [3.8, 4) is 56.4 Å². The molecule has 8 aromatic rings. The van der Waals surface area contributed by atoms with Gasteiger partial charge in [0.1, 0.15) is 0 Å². The first-order valence-electron chi connectivity index (χ1n) is 16.8. The largest absolute Gasteiger partial charge is 0.208 e. The first kappa shape index (κ1) is 19.6. The Hall–Kier alpha value is -5.45. The van der Waals surface area contributed by atoms with Gasteiger partial charge in [-0.2, -0.15) is 0 Å². The van der Waals surface area contributed by atoms with Crippen molar-refractivity contribution in [1.29, 1.82) is 0 Å². The molecule has 3 nitrogen and oxygen atoms in total. The lowest BCUT2D eigenvalue weighted by atomic mass is 9.99. The Balaban J connectivity index is 1.41. The van der Waals surface area contributed by atoms with Crippen molar-refractivity contribution in [2.45, 2.75) is 0 Å². The number of nitrogens with zero attached hydrogens (tertiary/aromatic N) is 3. The number of hydrogen-bond acceptors (Lipinski definition) is 4. The summed E-state index contributed by atoms with van der Waals surface area (Å²) in [6, 6.07) is 35.5. The van der Waals surface area contributed by atoms with E-state index in [1.54, 1.807) is 0 Å². The van der Waals surface area contributed by atoms with Crippen LogP contribution in [0, 0.1) is 0 Å². The monoisotopic (exact) mass is 573 g/mol. The van der Waals surface area contributed by atoms with E-state index in [1.807, 2.05) is 115 Å². The fraction of sp³-hybridized carbons (Fsp3) is 0. The molecular weight excluding hydrogens is 543 g/mol. The molecule has 0 unspecified atom stereocenters. The number of thiophene rings is 1. The molecule has 0 spiro atoms. The van der Waals surface area contributed by atoms with Crippen molar-refractivity contribution < 1.29 is 8.22 Å². The van der Waals surface area contributed by atoms with E-state index in [4.69, 9.17) is 19.1 Å². The summed E-state index contributed by atoms with van der Waals surface area (Å²) in [4.78, 5) is 14.4. The van der Waals surface area contributed by atoms with Gasteiger partial charge >= 0.3 is 0 Å². The summed E-state index contributed by atoms with van der Waals surface area (Å²) in [7, 11) is 0. The Labute approximate surface area is 262 Å². The van der Waals surface area contributed by atoms with Crippen LogP contribution < -0.4 is 0 Å². The Morgan fingerprint density at radius 1 is 0.465 bits per heavy atom. The van der Waals surface area contributed by atoms with Gasteiger partial charge in [-0.25, -0.2) is 15.0 Å². The van der Waals surface area contributed by atoms with Crippen molar-refractivity contribution in [3.05, 3.63) is 152 Å². The summed E-state index contributed by atoms with van der Waals surface area (Å²) in [5.41, 5.74) is 4.63. The SMILES string of the molecule is [2H]c1c([2H])c(-c2ccccc2)c2c(sc3c([2H])c(-c4nc(-c5ccccc5)nc(-c5cccc(-c6ccccc6)c5)n4)c([2H])c([2H])c32)c1[2H]. The van der Waals surface area contributed by atoms with E-state index in [1.165, 1.54) is 0 Å². The Morgan fingerprint density at radius 2 is 1.05 bits per heavy atom. The van der Waals surface area contributed by atoms with Crippen LogP contribution in [0.25, 0.3) is 76.6 Å². The van der Waals surface area contributed by atoms with Crippen LogP contribution in [0.5, 0.6) is 0 Å². The van der Waals surface area contributed by atoms with Gasteiger partial charge in [0.25, 0.3) is 0 Å². The van der Waals surface area contributed by atoms with Crippen molar-refractivity contribution in [2.24, 2.45) is 0 Å². The molecule has 0 aliphatic rings. The Bertz CT molecular complexity index is 2560. The maximum atomic E-state index is 9.45. The molecule has 202 valence electrons. The highest BCUT2D eigenvalue weighted by Crippen LogP contribution is 2.41. The molecule has 6 aromatic carbocycles. The van der Waals surface area contributed by atoms with E-state index in [0.717, 1.165) is 33.6 Å². The third-order valence-corrected chi connectivity index (χ3v) is 8.27. The zero-order valence-electron chi connectivity index (χ0n) is 28.7. The molecule has 0 fully saturated rings. The molecule has 0 bridgehead atoms. The van der Waals surface area contributed by atoms with E-state index in [2.05, 4.69) is 0 Å². The highest BCUT2D eigenvalue weighted by Gasteiger charge is 2.16. The van der Waals surface area contributed by atoms with Gasteiger partial charge in [0, 0.05) is 36.9 Å². The highest BCUT2D eigenvalue weighted by molar-refractivity contribution is 7.26. The van der Waals surface area contributed by atoms with Crippen molar-refractivity contribution in [3.63, 3.8) is 0 Å². The molecule has 2 heterocycles. The first-order chi connectivity index (χ1) is 23.8. The second-order valence-corrected chi connectivity index (χ2v) is 11.0. The van der Waals surface area contributed by atoms with Crippen LogP contribution in [0.15, 0.2) is 152 Å². The van der Waals surface area contributed by atoms with Crippen molar-refractivity contribution >= 4 is 31.5 Å². The van der Waals surface area contributed by atoms with Crippen LogP contribution in [-0.2, 0) is 0 Å². The number of fused-ring (bicyclic) bond motifs is 3. The van der Waals surface area contributed by atoms with Gasteiger partial charge in [-0.15, -0.1) is 11.3 Å². The van der Waals surface area contributed by atoms with Gasteiger partial charge in [-0.3, -0.25) is 0 Å².